The largest absolute Gasteiger partial charge is 0.316 e. The summed E-state index contributed by atoms with van der Waals surface area (Å²) in [6.07, 6.45) is 4.26. The molecule has 1 aliphatic carbocycles. The van der Waals surface area contributed by atoms with Gasteiger partial charge in [-0.05, 0) is 42.6 Å². The molecule has 3 rings (SSSR count). The quantitative estimate of drug-likeness (QED) is 0.889. The van der Waals surface area contributed by atoms with E-state index >= 15 is 0 Å². The van der Waals surface area contributed by atoms with Crippen LogP contribution in [0.2, 0.25) is 0 Å². The van der Waals surface area contributed by atoms with Crippen LogP contribution in [0.5, 0.6) is 0 Å². The van der Waals surface area contributed by atoms with Crippen molar-refractivity contribution in [3.8, 4) is 0 Å². The number of nitrogens with zero attached hydrogens (tertiary/aromatic N) is 1. The highest BCUT2D eigenvalue weighted by Crippen LogP contribution is 2.36. The Hall–Kier alpha value is -1.67. The van der Waals surface area contributed by atoms with E-state index in [1.165, 1.54) is 28.8 Å². The number of fused-ring (bicyclic) bond motifs is 1. The molecule has 0 amide bonds. The Labute approximate surface area is 108 Å². The zero-order valence-corrected chi connectivity index (χ0v) is 10.7. The molecule has 92 valence electrons. The van der Waals surface area contributed by atoms with E-state index in [0.717, 1.165) is 13.0 Å². The minimum absolute atomic E-state index is 0.491. The van der Waals surface area contributed by atoms with Crippen molar-refractivity contribution in [1.29, 1.82) is 0 Å². The molecule has 0 spiro atoms. The summed E-state index contributed by atoms with van der Waals surface area (Å²) in [6, 6.07) is 13.2. The normalized spacial score (nSPS) is 17.7. The standard InChI is InChI=1S/C16H18N2/c1-17-11-12-4-6-13(7-5-12)15-9-8-14-3-2-10-18-16(14)15/h2-7,10,15,17H,8-9,11H2,1H3. The predicted molar refractivity (Wildman–Crippen MR) is 73.6 cm³/mol. The highest BCUT2D eigenvalue weighted by molar-refractivity contribution is 5.38. The van der Waals surface area contributed by atoms with Crippen LogP contribution in [0, 0.1) is 0 Å². The van der Waals surface area contributed by atoms with E-state index in [2.05, 4.69) is 40.6 Å². The van der Waals surface area contributed by atoms with Crippen molar-refractivity contribution < 1.29 is 0 Å². The molecule has 0 aliphatic heterocycles. The van der Waals surface area contributed by atoms with Gasteiger partial charge in [-0.2, -0.15) is 0 Å². The van der Waals surface area contributed by atoms with Crippen molar-refractivity contribution in [2.45, 2.75) is 25.3 Å². The number of benzene rings is 1. The minimum Gasteiger partial charge on any atom is -0.316 e. The van der Waals surface area contributed by atoms with Crippen LogP contribution in [-0.4, -0.2) is 12.0 Å². The Balaban J connectivity index is 1.88. The number of pyridine rings is 1. The van der Waals surface area contributed by atoms with Gasteiger partial charge in [-0.1, -0.05) is 30.3 Å². The lowest BCUT2D eigenvalue weighted by Gasteiger charge is -2.11. The molecule has 18 heavy (non-hydrogen) atoms. The Morgan fingerprint density at radius 2 is 2.06 bits per heavy atom. The monoisotopic (exact) mass is 238 g/mol. The van der Waals surface area contributed by atoms with E-state index in [4.69, 9.17) is 0 Å². The molecule has 0 saturated heterocycles. The molecule has 0 bridgehead atoms. The SMILES string of the molecule is CNCc1ccc(C2CCc3cccnc32)cc1. The van der Waals surface area contributed by atoms with Gasteiger partial charge in [0.2, 0.25) is 0 Å². The summed E-state index contributed by atoms with van der Waals surface area (Å²) in [5.74, 6) is 0.491. The van der Waals surface area contributed by atoms with E-state index in [0.29, 0.717) is 5.92 Å². The number of aromatic nitrogens is 1. The molecule has 1 aromatic heterocycles. The average Bonchev–Trinajstić information content (AvgIpc) is 2.84. The fourth-order valence-corrected chi connectivity index (χ4v) is 2.81. The van der Waals surface area contributed by atoms with Crippen LogP contribution in [0.15, 0.2) is 42.6 Å². The number of nitrogens with one attached hydrogen (secondary N) is 1. The summed E-state index contributed by atoms with van der Waals surface area (Å²) >= 11 is 0. The second kappa shape index (κ2) is 4.91. The first-order valence-corrected chi connectivity index (χ1v) is 6.55. The Bertz CT molecular complexity index is 531. The van der Waals surface area contributed by atoms with E-state index in [1.807, 2.05) is 19.3 Å². The van der Waals surface area contributed by atoms with E-state index in [1.54, 1.807) is 0 Å². The maximum Gasteiger partial charge on any atom is 0.0510 e. The fourth-order valence-electron chi connectivity index (χ4n) is 2.81. The van der Waals surface area contributed by atoms with E-state index in [-0.39, 0.29) is 0 Å². The third-order valence-corrected chi connectivity index (χ3v) is 3.72. The summed E-state index contributed by atoms with van der Waals surface area (Å²) < 4.78 is 0. The zero-order chi connectivity index (χ0) is 12.4. The lowest BCUT2D eigenvalue weighted by Crippen LogP contribution is -2.05. The number of rotatable bonds is 3. The molecule has 1 N–H and O–H groups in total. The molecule has 1 heterocycles. The Kier molecular flexibility index (Phi) is 3.11. The molecule has 1 atom stereocenters. The van der Waals surface area contributed by atoms with Crippen LogP contribution >= 0.6 is 0 Å². The molecule has 0 saturated carbocycles. The lowest BCUT2D eigenvalue weighted by molar-refractivity contribution is 0.768. The maximum absolute atomic E-state index is 4.56. The van der Waals surface area contributed by atoms with Gasteiger partial charge in [-0.15, -0.1) is 0 Å². The minimum atomic E-state index is 0.491. The number of hydrogen-bond acceptors (Lipinski definition) is 2. The van der Waals surface area contributed by atoms with Crippen molar-refractivity contribution in [3.63, 3.8) is 0 Å². The predicted octanol–water partition coefficient (Wildman–Crippen LogP) is 2.88. The van der Waals surface area contributed by atoms with Gasteiger partial charge >= 0.3 is 0 Å². The Morgan fingerprint density at radius 3 is 2.83 bits per heavy atom. The van der Waals surface area contributed by atoms with E-state index < -0.39 is 0 Å². The fraction of sp³-hybridized carbons (Fsp3) is 0.312. The van der Waals surface area contributed by atoms with Gasteiger partial charge in [-0.25, -0.2) is 0 Å². The topological polar surface area (TPSA) is 24.9 Å². The highest BCUT2D eigenvalue weighted by Gasteiger charge is 2.24. The summed E-state index contributed by atoms with van der Waals surface area (Å²) in [6.45, 7) is 0.930. The summed E-state index contributed by atoms with van der Waals surface area (Å²) in [5, 5.41) is 3.18. The number of hydrogen-bond donors (Lipinski definition) is 1. The van der Waals surface area contributed by atoms with Crippen molar-refractivity contribution in [2.75, 3.05) is 7.05 Å². The molecule has 0 fully saturated rings. The van der Waals surface area contributed by atoms with Crippen LogP contribution in [0.3, 0.4) is 0 Å². The molecule has 1 aliphatic rings. The van der Waals surface area contributed by atoms with Gasteiger partial charge in [0.05, 0.1) is 5.69 Å². The van der Waals surface area contributed by atoms with Gasteiger partial charge in [0.1, 0.15) is 0 Å². The van der Waals surface area contributed by atoms with Gasteiger partial charge < -0.3 is 5.32 Å². The first-order chi connectivity index (χ1) is 8.88. The van der Waals surface area contributed by atoms with Crippen LogP contribution in [0.25, 0.3) is 0 Å². The van der Waals surface area contributed by atoms with Crippen molar-refractivity contribution in [1.82, 2.24) is 10.3 Å². The third-order valence-electron chi connectivity index (χ3n) is 3.72. The summed E-state index contributed by atoms with van der Waals surface area (Å²) in [4.78, 5) is 4.56. The second-order valence-corrected chi connectivity index (χ2v) is 4.91. The first-order valence-electron chi connectivity index (χ1n) is 6.55. The maximum atomic E-state index is 4.56. The summed E-state index contributed by atoms with van der Waals surface area (Å²) in [5.41, 5.74) is 5.42. The molecule has 2 aromatic rings. The van der Waals surface area contributed by atoms with Crippen LogP contribution in [-0.2, 0) is 13.0 Å². The molecule has 2 heteroatoms. The number of aryl methyl sites for hydroxylation is 1. The third kappa shape index (κ3) is 2.04. The molecule has 1 unspecified atom stereocenters. The van der Waals surface area contributed by atoms with Gasteiger partial charge in [-0.3, -0.25) is 4.98 Å². The van der Waals surface area contributed by atoms with Crippen molar-refractivity contribution in [3.05, 3.63) is 65.0 Å². The molecular formula is C16H18N2. The van der Waals surface area contributed by atoms with Crippen LogP contribution < -0.4 is 5.32 Å². The van der Waals surface area contributed by atoms with Crippen molar-refractivity contribution in [2.24, 2.45) is 0 Å². The molecule has 0 radical (unpaired) electrons. The Morgan fingerprint density at radius 1 is 1.22 bits per heavy atom. The summed E-state index contributed by atoms with van der Waals surface area (Å²) in [7, 11) is 1.98. The van der Waals surface area contributed by atoms with Gasteiger partial charge in [0, 0.05) is 18.7 Å². The smallest absolute Gasteiger partial charge is 0.0510 e. The first kappa shape index (κ1) is 11.4. The molecule has 1 aromatic carbocycles. The lowest BCUT2D eigenvalue weighted by atomic mass is 9.95. The van der Waals surface area contributed by atoms with E-state index in [9.17, 15) is 0 Å². The van der Waals surface area contributed by atoms with Gasteiger partial charge in [0.15, 0.2) is 0 Å². The average molecular weight is 238 g/mol. The van der Waals surface area contributed by atoms with Gasteiger partial charge in [0.25, 0.3) is 0 Å². The van der Waals surface area contributed by atoms with Crippen molar-refractivity contribution >= 4 is 0 Å². The highest BCUT2D eigenvalue weighted by atomic mass is 14.8. The second-order valence-electron chi connectivity index (χ2n) is 4.91. The molecule has 2 nitrogen and oxygen atoms in total. The van der Waals surface area contributed by atoms with Crippen LogP contribution in [0.1, 0.15) is 34.7 Å². The van der Waals surface area contributed by atoms with Crippen LogP contribution in [0.4, 0.5) is 0 Å². The molecular weight excluding hydrogens is 220 g/mol. The zero-order valence-electron chi connectivity index (χ0n) is 10.7.